The van der Waals surface area contributed by atoms with Gasteiger partial charge < -0.3 is 20.3 Å². The standard InChI is InChI=1S/C24H26ClN5O/c1-16-12-13-30(15-17-8-10-19(31-3)11-9-17)23-21(16)22(26-2)28-24(29-23)27-14-18-6-4-5-7-20(18)25/h4-11H,1,12-15H2,2-3H3,(H2,26,27,28,29). The molecule has 0 saturated heterocycles. The molecule has 0 radical (unpaired) electrons. The predicted molar refractivity (Wildman–Crippen MR) is 128 cm³/mol. The SMILES string of the molecule is C=C1CCN(Cc2ccc(OC)cc2)c2nc(NCc3ccccc3Cl)nc(NC)c21. The molecule has 4 rings (SSSR count). The lowest BCUT2D eigenvalue weighted by Gasteiger charge is -2.32. The van der Waals surface area contributed by atoms with Crippen LogP contribution in [0.25, 0.3) is 5.57 Å². The van der Waals surface area contributed by atoms with Gasteiger partial charge in [-0.15, -0.1) is 0 Å². The summed E-state index contributed by atoms with van der Waals surface area (Å²) in [6.07, 6.45) is 0.869. The predicted octanol–water partition coefficient (Wildman–Crippen LogP) is 5.22. The summed E-state index contributed by atoms with van der Waals surface area (Å²) in [4.78, 5) is 11.8. The molecule has 0 fully saturated rings. The van der Waals surface area contributed by atoms with Crippen molar-refractivity contribution in [3.63, 3.8) is 0 Å². The van der Waals surface area contributed by atoms with Gasteiger partial charge in [-0.25, -0.2) is 0 Å². The van der Waals surface area contributed by atoms with Crippen molar-refractivity contribution >= 4 is 34.8 Å². The molecule has 6 nitrogen and oxygen atoms in total. The Balaban J connectivity index is 1.63. The van der Waals surface area contributed by atoms with E-state index in [9.17, 15) is 0 Å². The van der Waals surface area contributed by atoms with E-state index >= 15 is 0 Å². The highest BCUT2D eigenvalue weighted by atomic mass is 35.5. The van der Waals surface area contributed by atoms with Crippen molar-refractivity contribution in [1.82, 2.24) is 9.97 Å². The number of nitrogens with one attached hydrogen (secondary N) is 2. The topological polar surface area (TPSA) is 62.3 Å². The van der Waals surface area contributed by atoms with Gasteiger partial charge in [0.15, 0.2) is 0 Å². The van der Waals surface area contributed by atoms with E-state index in [1.807, 2.05) is 43.4 Å². The molecule has 1 aliphatic heterocycles. The molecular formula is C24H26ClN5O. The van der Waals surface area contributed by atoms with Gasteiger partial charge in [-0.1, -0.05) is 48.5 Å². The van der Waals surface area contributed by atoms with Crippen LogP contribution >= 0.6 is 11.6 Å². The third-order valence-electron chi connectivity index (χ3n) is 5.39. The first-order chi connectivity index (χ1) is 15.1. The van der Waals surface area contributed by atoms with Gasteiger partial charge in [0.2, 0.25) is 5.95 Å². The summed E-state index contributed by atoms with van der Waals surface area (Å²) in [5.41, 5.74) is 4.21. The summed E-state index contributed by atoms with van der Waals surface area (Å²) < 4.78 is 5.28. The van der Waals surface area contributed by atoms with Gasteiger partial charge in [-0.2, -0.15) is 9.97 Å². The van der Waals surface area contributed by atoms with Gasteiger partial charge >= 0.3 is 0 Å². The Morgan fingerprint density at radius 3 is 2.61 bits per heavy atom. The largest absolute Gasteiger partial charge is 0.497 e. The highest BCUT2D eigenvalue weighted by molar-refractivity contribution is 6.31. The van der Waals surface area contributed by atoms with Gasteiger partial charge in [0.05, 0.1) is 12.7 Å². The lowest BCUT2D eigenvalue weighted by molar-refractivity contribution is 0.414. The third kappa shape index (κ3) is 4.59. The Labute approximate surface area is 187 Å². The van der Waals surface area contributed by atoms with Crippen LogP contribution in [0.2, 0.25) is 5.02 Å². The van der Waals surface area contributed by atoms with Crippen molar-refractivity contribution in [3.05, 3.63) is 76.8 Å². The second-order valence-corrected chi connectivity index (χ2v) is 7.82. The average Bonchev–Trinajstić information content (AvgIpc) is 2.80. The third-order valence-corrected chi connectivity index (χ3v) is 5.76. The molecule has 0 unspecified atom stereocenters. The van der Waals surface area contributed by atoms with Crippen molar-refractivity contribution in [3.8, 4) is 5.75 Å². The zero-order valence-electron chi connectivity index (χ0n) is 17.8. The summed E-state index contributed by atoms with van der Waals surface area (Å²) in [6, 6.07) is 15.9. The van der Waals surface area contributed by atoms with Crippen LogP contribution in [0, 0.1) is 0 Å². The summed E-state index contributed by atoms with van der Waals surface area (Å²) in [7, 11) is 3.55. The number of hydrogen-bond donors (Lipinski definition) is 2. The number of methoxy groups -OCH3 is 1. The molecule has 0 spiro atoms. The first-order valence-electron chi connectivity index (χ1n) is 10.2. The second-order valence-electron chi connectivity index (χ2n) is 7.41. The number of nitrogens with zero attached hydrogens (tertiary/aromatic N) is 3. The Hall–Kier alpha value is -3.25. The van der Waals surface area contributed by atoms with Crippen LogP contribution < -0.4 is 20.3 Å². The second kappa shape index (κ2) is 9.27. The molecular weight excluding hydrogens is 410 g/mol. The molecule has 31 heavy (non-hydrogen) atoms. The Morgan fingerprint density at radius 2 is 1.90 bits per heavy atom. The molecule has 3 aromatic rings. The number of rotatable bonds is 7. The molecule has 160 valence electrons. The van der Waals surface area contributed by atoms with Crippen molar-refractivity contribution in [1.29, 1.82) is 0 Å². The van der Waals surface area contributed by atoms with E-state index in [0.29, 0.717) is 12.5 Å². The maximum Gasteiger partial charge on any atom is 0.226 e. The smallest absolute Gasteiger partial charge is 0.226 e. The van der Waals surface area contributed by atoms with Crippen LogP contribution in [0.15, 0.2) is 55.1 Å². The highest BCUT2D eigenvalue weighted by Crippen LogP contribution is 2.38. The van der Waals surface area contributed by atoms with Crippen LogP contribution in [-0.2, 0) is 13.1 Å². The van der Waals surface area contributed by atoms with Gasteiger partial charge in [0, 0.05) is 31.7 Å². The number of fused-ring (bicyclic) bond motifs is 1. The lowest BCUT2D eigenvalue weighted by atomic mass is 10.00. The quantitative estimate of drug-likeness (QED) is 0.530. The van der Waals surface area contributed by atoms with Gasteiger partial charge in [0.25, 0.3) is 0 Å². The fraction of sp³-hybridized carbons (Fsp3) is 0.250. The number of ether oxygens (including phenoxy) is 1. The molecule has 2 aromatic carbocycles. The summed E-state index contributed by atoms with van der Waals surface area (Å²) in [5, 5.41) is 7.25. The minimum atomic E-state index is 0.543. The molecule has 0 saturated carbocycles. The fourth-order valence-electron chi connectivity index (χ4n) is 3.69. The molecule has 1 aliphatic rings. The zero-order valence-corrected chi connectivity index (χ0v) is 18.5. The summed E-state index contributed by atoms with van der Waals surface area (Å²) in [5.74, 6) is 3.06. The molecule has 0 bridgehead atoms. The molecule has 0 amide bonds. The van der Waals surface area contributed by atoms with E-state index in [2.05, 4.69) is 39.2 Å². The molecule has 7 heteroatoms. The van der Waals surface area contributed by atoms with Gasteiger partial charge in [-0.3, -0.25) is 0 Å². The van der Waals surface area contributed by atoms with E-state index in [4.69, 9.17) is 21.3 Å². The molecule has 0 atom stereocenters. The monoisotopic (exact) mass is 435 g/mol. The van der Waals surface area contributed by atoms with Crippen LogP contribution in [0.5, 0.6) is 5.75 Å². The number of halogens is 1. The van der Waals surface area contributed by atoms with E-state index in [-0.39, 0.29) is 0 Å². The maximum absolute atomic E-state index is 6.30. The van der Waals surface area contributed by atoms with Crippen molar-refractivity contribution in [2.24, 2.45) is 0 Å². The molecule has 2 heterocycles. The van der Waals surface area contributed by atoms with Crippen LogP contribution in [0.3, 0.4) is 0 Å². The van der Waals surface area contributed by atoms with Crippen LogP contribution in [0.1, 0.15) is 23.1 Å². The Kier molecular flexibility index (Phi) is 6.28. The Bertz CT molecular complexity index is 1080. The van der Waals surface area contributed by atoms with E-state index < -0.39 is 0 Å². The fourth-order valence-corrected chi connectivity index (χ4v) is 3.89. The van der Waals surface area contributed by atoms with E-state index in [0.717, 1.165) is 58.6 Å². The Morgan fingerprint density at radius 1 is 1.13 bits per heavy atom. The number of aromatic nitrogens is 2. The van der Waals surface area contributed by atoms with Crippen molar-refractivity contribution in [2.75, 3.05) is 36.2 Å². The van der Waals surface area contributed by atoms with Gasteiger partial charge in [-0.05, 0) is 41.3 Å². The molecule has 2 N–H and O–H groups in total. The van der Waals surface area contributed by atoms with E-state index in [1.54, 1.807) is 7.11 Å². The van der Waals surface area contributed by atoms with E-state index in [1.165, 1.54) is 5.56 Å². The van der Waals surface area contributed by atoms with Crippen molar-refractivity contribution in [2.45, 2.75) is 19.5 Å². The minimum absolute atomic E-state index is 0.543. The zero-order chi connectivity index (χ0) is 21.8. The summed E-state index contributed by atoms with van der Waals surface area (Å²) >= 11 is 6.30. The number of hydrogen-bond acceptors (Lipinski definition) is 6. The van der Waals surface area contributed by atoms with Crippen LogP contribution in [0.4, 0.5) is 17.6 Å². The molecule has 1 aromatic heterocycles. The average molecular weight is 436 g/mol. The minimum Gasteiger partial charge on any atom is -0.497 e. The van der Waals surface area contributed by atoms with Crippen LogP contribution in [-0.4, -0.2) is 30.7 Å². The number of benzene rings is 2. The highest BCUT2D eigenvalue weighted by Gasteiger charge is 2.26. The molecule has 0 aliphatic carbocycles. The normalized spacial score (nSPS) is 13.0. The van der Waals surface area contributed by atoms with Gasteiger partial charge in [0.1, 0.15) is 17.4 Å². The first kappa shape index (κ1) is 21.0. The maximum atomic E-state index is 6.30. The van der Waals surface area contributed by atoms with Crippen molar-refractivity contribution < 1.29 is 4.74 Å². The lowest BCUT2D eigenvalue weighted by Crippen LogP contribution is -2.30. The summed E-state index contributed by atoms with van der Waals surface area (Å²) in [6.45, 7) is 6.40. The first-order valence-corrected chi connectivity index (χ1v) is 10.6. The number of anilines is 3.